The molecule has 1 saturated carbocycles. The molecule has 7 nitrogen and oxygen atoms in total. The second-order valence-corrected chi connectivity index (χ2v) is 8.77. The first kappa shape index (κ1) is 23.8. The van der Waals surface area contributed by atoms with Crippen LogP contribution in [0.1, 0.15) is 49.3 Å². The maximum Gasteiger partial charge on any atom is 0.194 e. The SMILES string of the molecule is COc1ccc(CCNC(=NCc2nnc(C)n2C)N2CCC3(CCCC3)C2)cc1.I. The van der Waals surface area contributed by atoms with Crippen molar-refractivity contribution in [2.45, 2.75) is 52.0 Å². The van der Waals surface area contributed by atoms with Crippen molar-refractivity contribution < 1.29 is 4.74 Å². The molecule has 0 bridgehead atoms. The predicted molar refractivity (Wildman–Crippen MR) is 134 cm³/mol. The van der Waals surface area contributed by atoms with Gasteiger partial charge in [-0.05, 0) is 55.7 Å². The molecule has 1 aliphatic carbocycles. The lowest BCUT2D eigenvalue weighted by Crippen LogP contribution is -2.42. The van der Waals surface area contributed by atoms with Crippen molar-refractivity contribution in [2.24, 2.45) is 17.5 Å². The Balaban J connectivity index is 0.00000272. The minimum Gasteiger partial charge on any atom is -0.497 e. The van der Waals surface area contributed by atoms with Crippen molar-refractivity contribution in [3.05, 3.63) is 41.5 Å². The number of ether oxygens (including phenoxy) is 1. The number of halogens is 1. The van der Waals surface area contributed by atoms with Gasteiger partial charge in [0, 0.05) is 26.7 Å². The maximum atomic E-state index is 5.26. The van der Waals surface area contributed by atoms with Gasteiger partial charge in [-0.1, -0.05) is 25.0 Å². The zero-order valence-electron chi connectivity index (χ0n) is 18.9. The van der Waals surface area contributed by atoms with Crippen LogP contribution in [0, 0.1) is 12.3 Å². The number of hydrogen-bond acceptors (Lipinski definition) is 4. The molecule has 1 aromatic heterocycles. The summed E-state index contributed by atoms with van der Waals surface area (Å²) in [6.07, 6.45) is 7.73. The van der Waals surface area contributed by atoms with E-state index in [2.05, 4.69) is 32.5 Å². The smallest absolute Gasteiger partial charge is 0.194 e. The van der Waals surface area contributed by atoms with Gasteiger partial charge in [-0.25, -0.2) is 4.99 Å². The summed E-state index contributed by atoms with van der Waals surface area (Å²) < 4.78 is 7.27. The largest absolute Gasteiger partial charge is 0.497 e. The fourth-order valence-electron chi connectivity index (χ4n) is 4.76. The Labute approximate surface area is 202 Å². The van der Waals surface area contributed by atoms with E-state index >= 15 is 0 Å². The third-order valence-electron chi connectivity index (χ3n) is 6.81. The van der Waals surface area contributed by atoms with Crippen LogP contribution in [0.3, 0.4) is 0 Å². The summed E-state index contributed by atoms with van der Waals surface area (Å²) in [5.74, 6) is 3.72. The van der Waals surface area contributed by atoms with E-state index < -0.39 is 0 Å². The summed E-state index contributed by atoms with van der Waals surface area (Å²) in [4.78, 5) is 7.41. The summed E-state index contributed by atoms with van der Waals surface area (Å²) in [6.45, 7) is 5.59. The van der Waals surface area contributed by atoms with Crippen LogP contribution >= 0.6 is 24.0 Å². The molecule has 170 valence electrons. The summed E-state index contributed by atoms with van der Waals surface area (Å²) >= 11 is 0. The van der Waals surface area contributed by atoms with Gasteiger partial charge in [-0.15, -0.1) is 34.2 Å². The molecule has 2 aliphatic rings. The van der Waals surface area contributed by atoms with Gasteiger partial charge in [0.1, 0.15) is 18.1 Å². The molecule has 0 atom stereocenters. The molecule has 4 rings (SSSR count). The summed E-state index contributed by atoms with van der Waals surface area (Å²) in [6, 6.07) is 8.29. The van der Waals surface area contributed by atoms with Crippen molar-refractivity contribution in [3.8, 4) is 5.75 Å². The number of hydrogen-bond donors (Lipinski definition) is 1. The van der Waals surface area contributed by atoms with E-state index in [1.54, 1.807) is 7.11 Å². The molecule has 1 spiro atoms. The second kappa shape index (κ2) is 10.7. The normalized spacial score (nSPS) is 17.8. The lowest BCUT2D eigenvalue weighted by Gasteiger charge is -2.26. The number of nitrogens with zero attached hydrogens (tertiary/aromatic N) is 5. The molecule has 1 aromatic carbocycles. The van der Waals surface area contributed by atoms with E-state index in [1.165, 1.54) is 37.7 Å². The number of likely N-dealkylation sites (tertiary alicyclic amines) is 1. The van der Waals surface area contributed by atoms with Gasteiger partial charge in [0.2, 0.25) is 0 Å². The van der Waals surface area contributed by atoms with Gasteiger partial charge in [0.25, 0.3) is 0 Å². The highest BCUT2D eigenvalue weighted by molar-refractivity contribution is 14.0. The molecule has 2 heterocycles. The van der Waals surface area contributed by atoms with E-state index in [4.69, 9.17) is 9.73 Å². The summed E-state index contributed by atoms with van der Waals surface area (Å²) in [5.41, 5.74) is 1.81. The Morgan fingerprint density at radius 1 is 1.16 bits per heavy atom. The van der Waals surface area contributed by atoms with Gasteiger partial charge >= 0.3 is 0 Å². The zero-order chi connectivity index (χ0) is 21.0. The molecular formula is C23H35IN6O. The van der Waals surface area contributed by atoms with Crippen molar-refractivity contribution in [1.29, 1.82) is 0 Å². The molecule has 0 radical (unpaired) electrons. The van der Waals surface area contributed by atoms with Crippen LogP contribution in [0.5, 0.6) is 5.75 Å². The van der Waals surface area contributed by atoms with Crippen molar-refractivity contribution in [2.75, 3.05) is 26.7 Å². The van der Waals surface area contributed by atoms with Crippen molar-refractivity contribution >= 4 is 29.9 Å². The number of aromatic nitrogens is 3. The number of rotatable bonds is 6. The van der Waals surface area contributed by atoms with Crippen LogP contribution in [-0.2, 0) is 20.0 Å². The van der Waals surface area contributed by atoms with Gasteiger partial charge in [-0.2, -0.15) is 0 Å². The number of benzene rings is 1. The highest BCUT2D eigenvalue weighted by Crippen LogP contribution is 2.45. The molecular weight excluding hydrogens is 503 g/mol. The highest BCUT2D eigenvalue weighted by atomic mass is 127. The number of aliphatic imine (C=N–C) groups is 1. The van der Waals surface area contributed by atoms with E-state index in [1.807, 2.05) is 30.7 Å². The van der Waals surface area contributed by atoms with Gasteiger partial charge in [0.05, 0.1) is 7.11 Å². The summed E-state index contributed by atoms with van der Waals surface area (Å²) in [7, 11) is 3.70. The first-order chi connectivity index (χ1) is 14.6. The average Bonchev–Trinajstić information content (AvgIpc) is 3.49. The van der Waals surface area contributed by atoms with E-state index in [-0.39, 0.29) is 24.0 Å². The van der Waals surface area contributed by atoms with Crippen LogP contribution in [0.25, 0.3) is 0 Å². The standard InChI is InChI=1S/C23H34N6O.HI/c1-18-26-27-21(28(18)2)16-25-22(29-15-13-23(17-29)11-4-5-12-23)24-14-10-19-6-8-20(30-3)9-7-19;/h6-9H,4-5,10-17H2,1-3H3,(H,24,25);1H. The fraction of sp³-hybridized carbons (Fsp3) is 0.609. The Kier molecular flexibility index (Phi) is 8.18. The van der Waals surface area contributed by atoms with Crippen molar-refractivity contribution in [1.82, 2.24) is 25.0 Å². The third-order valence-corrected chi connectivity index (χ3v) is 6.81. The van der Waals surface area contributed by atoms with Crippen LogP contribution in [0.2, 0.25) is 0 Å². The van der Waals surface area contributed by atoms with Crippen molar-refractivity contribution in [3.63, 3.8) is 0 Å². The maximum absolute atomic E-state index is 5.26. The fourth-order valence-corrected chi connectivity index (χ4v) is 4.76. The second-order valence-electron chi connectivity index (χ2n) is 8.77. The van der Waals surface area contributed by atoms with Crippen LogP contribution in [-0.4, -0.2) is 52.4 Å². The number of guanidine groups is 1. The molecule has 1 N–H and O–H groups in total. The Bertz CT molecular complexity index is 873. The Hall–Kier alpha value is -1.84. The molecule has 0 amide bonds. The lowest BCUT2D eigenvalue weighted by molar-refractivity contribution is 0.309. The van der Waals surface area contributed by atoms with Gasteiger partial charge in [-0.3, -0.25) is 0 Å². The molecule has 8 heteroatoms. The van der Waals surface area contributed by atoms with Crippen LogP contribution in [0.15, 0.2) is 29.3 Å². The predicted octanol–water partition coefficient (Wildman–Crippen LogP) is 3.70. The summed E-state index contributed by atoms with van der Waals surface area (Å²) in [5, 5.41) is 12.1. The highest BCUT2D eigenvalue weighted by Gasteiger charge is 2.41. The topological polar surface area (TPSA) is 67.6 Å². The monoisotopic (exact) mass is 538 g/mol. The lowest BCUT2D eigenvalue weighted by atomic mass is 9.86. The van der Waals surface area contributed by atoms with Crippen LogP contribution in [0.4, 0.5) is 0 Å². The average molecular weight is 538 g/mol. The van der Waals surface area contributed by atoms with Gasteiger partial charge in [0.15, 0.2) is 11.8 Å². The molecule has 0 unspecified atom stereocenters. The molecule has 31 heavy (non-hydrogen) atoms. The molecule has 2 aromatic rings. The minimum absolute atomic E-state index is 0. The minimum atomic E-state index is 0. The first-order valence-corrected chi connectivity index (χ1v) is 11.1. The molecule has 1 saturated heterocycles. The van der Waals surface area contributed by atoms with Crippen LogP contribution < -0.4 is 10.1 Å². The van der Waals surface area contributed by atoms with E-state index in [0.29, 0.717) is 12.0 Å². The Morgan fingerprint density at radius 2 is 1.90 bits per heavy atom. The van der Waals surface area contributed by atoms with Gasteiger partial charge < -0.3 is 19.5 Å². The van der Waals surface area contributed by atoms with E-state index in [9.17, 15) is 0 Å². The number of methoxy groups -OCH3 is 1. The molecule has 2 fully saturated rings. The zero-order valence-corrected chi connectivity index (χ0v) is 21.3. The quantitative estimate of drug-likeness (QED) is 0.345. The van der Waals surface area contributed by atoms with E-state index in [0.717, 1.165) is 49.4 Å². The third kappa shape index (κ3) is 5.70. The number of aryl methyl sites for hydroxylation is 1. The first-order valence-electron chi connectivity index (χ1n) is 11.1. The Morgan fingerprint density at radius 3 is 2.55 bits per heavy atom. The number of nitrogens with one attached hydrogen (secondary N) is 1. The molecule has 1 aliphatic heterocycles.